The Kier molecular flexibility index (Phi) is 6.44. The van der Waals surface area contributed by atoms with Crippen LogP contribution < -0.4 is 0 Å². The average Bonchev–Trinajstić information content (AvgIpc) is 2.23. The first-order valence-corrected chi connectivity index (χ1v) is 4.07. The lowest BCUT2D eigenvalue weighted by Crippen LogP contribution is -2.10. The fraction of sp³-hybridized carbons (Fsp3) is 0.111. The number of hydrogen-bond acceptors (Lipinski definition) is 6. The Morgan fingerprint density at radius 3 is 1.41 bits per heavy atom. The molecule has 0 fully saturated rings. The third kappa shape index (κ3) is 9.66. The number of rotatable bonds is 6. The molecule has 0 amide bonds. The number of carbonyl (C=O) groups is 4. The third-order valence-electron chi connectivity index (χ3n) is 1.13. The molecular formula is C9H8O8. The minimum atomic E-state index is -1.33. The van der Waals surface area contributed by atoms with Crippen LogP contribution in [0, 0.1) is 0 Å². The van der Waals surface area contributed by atoms with E-state index in [1.54, 1.807) is 0 Å². The number of esters is 2. The van der Waals surface area contributed by atoms with Crippen LogP contribution in [0.1, 0.15) is 0 Å². The zero-order chi connectivity index (χ0) is 13.3. The second kappa shape index (κ2) is 7.63. The first kappa shape index (κ1) is 14.4. The lowest BCUT2D eigenvalue weighted by molar-refractivity contribution is -0.160. The van der Waals surface area contributed by atoms with Crippen molar-refractivity contribution < 1.29 is 38.9 Å². The van der Waals surface area contributed by atoms with Gasteiger partial charge in [0.2, 0.25) is 6.79 Å². The molecule has 92 valence electrons. The molecule has 17 heavy (non-hydrogen) atoms. The van der Waals surface area contributed by atoms with Gasteiger partial charge in [0.25, 0.3) is 0 Å². The summed E-state index contributed by atoms with van der Waals surface area (Å²) in [6, 6.07) is 0. The largest absolute Gasteiger partial charge is 0.478 e. The van der Waals surface area contributed by atoms with E-state index in [1.807, 2.05) is 0 Å². The highest BCUT2D eigenvalue weighted by atomic mass is 16.7. The molecule has 0 saturated carbocycles. The van der Waals surface area contributed by atoms with Crippen LogP contribution in [-0.4, -0.2) is 40.9 Å². The molecule has 0 spiro atoms. The van der Waals surface area contributed by atoms with Gasteiger partial charge in [-0.25, -0.2) is 19.2 Å². The van der Waals surface area contributed by atoms with Crippen LogP contribution in [0.4, 0.5) is 0 Å². The van der Waals surface area contributed by atoms with Gasteiger partial charge < -0.3 is 19.7 Å². The van der Waals surface area contributed by atoms with Crippen LogP contribution in [0.15, 0.2) is 24.3 Å². The molecule has 2 N–H and O–H groups in total. The number of carbonyl (C=O) groups excluding carboxylic acids is 2. The van der Waals surface area contributed by atoms with Gasteiger partial charge in [-0.3, -0.25) is 0 Å². The first-order valence-electron chi connectivity index (χ1n) is 4.07. The topological polar surface area (TPSA) is 127 Å². The van der Waals surface area contributed by atoms with E-state index in [0.717, 1.165) is 0 Å². The summed E-state index contributed by atoms with van der Waals surface area (Å²) in [5.41, 5.74) is 0. The molecule has 0 aliphatic heterocycles. The summed E-state index contributed by atoms with van der Waals surface area (Å²) < 4.78 is 8.51. The molecule has 0 radical (unpaired) electrons. The van der Waals surface area contributed by atoms with Gasteiger partial charge in [0.15, 0.2) is 0 Å². The van der Waals surface area contributed by atoms with E-state index in [-0.39, 0.29) is 0 Å². The smallest absolute Gasteiger partial charge is 0.333 e. The summed E-state index contributed by atoms with van der Waals surface area (Å²) in [6.07, 6.45) is 2.36. The lowest BCUT2D eigenvalue weighted by Gasteiger charge is -2.00. The highest BCUT2D eigenvalue weighted by Crippen LogP contribution is 1.87. The monoisotopic (exact) mass is 244 g/mol. The summed E-state index contributed by atoms with van der Waals surface area (Å²) in [6.45, 7) is -0.744. The third-order valence-corrected chi connectivity index (χ3v) is 1.13. The molecule has 0 saturated heterocycles. The Morgan fingerprint density at radius 1 is 0.765 bits per heavy atom. The van der Waals surface area contributed by atoms with Gasteiger partial charge in [0.05, 0.1) is 0 Å². The molecular weight excluding hydrogens is 236 g/mol. The van der Waals surface area contributed by atoms with E-state index in [0.29, 0.717) is 24.3 Å². The second-order valence-electron chi connectivity index (χ2n) is 2.39. The van der Waals surface area contributed by atoms with E-state index < -0.39 is 30.7 Å². The zero-order valence-corrected chi connectivity index (χ0v) is 8.36. The van der Waals surface area contributed by atoms with Crippen LogP contribution in [0.5, 0.6) is 0 Å². The molecule has 0 rings (SSSR count). The van der Waals surface area contributed by atoms with Crippen molar-refractivity contribution >= 4 is 23.9 Å². The molecule has 0 unspecified atom stereocenters. The van der Waals surface area contributed by atoms with Crippen molar-refractivity contribution in [1.29, 1.82) is 0 Å². The van der Waals surface area contributed by atoms with Gasteiger partial charge >= 0.3 is 23.9 Å². The molecule has 0 aliphatic carbocycles. The highest BCUT2D eigenvalue weighted by molar-refractivity contribution is 5.91. The predicted molar refractivity (Wildman–Crippen MR) is 50.6 cm³/mol. The van der Waals surface area contributed by atoms with E-state index in [9.17, 15) is 19.2 Å². The van der Waals surface area contributed by atoms with Crippen molar-refractivity contribution in [3.8, 4) is 0 Å². The number of ether oxygens (including phenoxy) is 2. The SMILES string of the molecule is O=C(O)/C=C\C(=O)OCOC(=O)/C=C\C(=O)O. The lowest BCUT2D eigenvalue weighted by atomic mass is 10.5. The average molecular weight is 244 g/mol. The van der Waals surface area contributed by atoms with Crippen molar-refractivity contribution in [3.05, 3.63) is 24.3 Å². The van der Waals surface area contributed by atoms with E-state index in [1.165, 1.54) is 0 Å². The van der Waals surface area contributed by atoms with Crippen LogP contribution >= 0.6 is 0 Å². The molecule has 0 aromatic heterocycles. The first-order chi connectivity index (χ1) is 7.91. The van der Waals surface area contributed by atoms with Crippen LogP contribution in [0.3, 0.4) is 0 Å². The van der Waals surface area contributed by atoms with Gasteiger partial charge in [-0.05, 0) is 0 Å². The van der Waals surface area contributed by atoms with Crippen molar-refractivity contribution in [3.63, 3.8) is 0 Å². The number of hydrogen-bond donors (Lipinski definition) is 2. The van der Waals surface area contributed by atoms with Crippen molar-refractivity contribution in [2.24, 2.45) is 0 Å². The van der Waals surface area contributed by atoms with E-state index in [2.05, 4.69) is 9.47 Å². The maximum Gasteiger partial charge on any atom is 0.333 e. The highest BCUT2D eigenvalue weighted by Gasteiger charge is 2.01. The summed E-state index contributed by atoms with van der Waals surface area (Å²) in [7, 11) is 0. The summed E-state index contributed by atoms with van der Waals surface area (Å²) in [5, 5.41) is 16.3. The Hall–Kier alpha value is -2.64. The maximum atomic E-state index is 10.7. The molecule has 0 aromatic carbocycles. The van der Waals surface area contributed by atoms with Gasteiger partial charge in [0, 0.05) is 24.3 Å². The van der Waals surface area contributed by atoms with E-state index in [4.69, 9.17) is 10.2 Å². The predicted octanol–water partition coefficient (Wildman–Crippen LogP) is -0.688. The fourth-order valence-corrected chi connectivity index (χ4v) is 0.521. The quantitative estimate of drug-likeness (QED) is 0.357. The van der Waals surface area contributed by atoms with E-state index >= 15 is 0 Å². The Morgan fingerprint density at radius 2 is 1.12 bits per heavy atom. The number of carboxylic acids is 2. The van der Waals surface area contributed by atoms with Crippen LogP contribution in [-0.2, 0) is 28.7 Å². The Bertz CT molecular complexity index is 342. The van der Waals surface area contributed by atoms with Crippen LogP contribution in [0.25, 0.3) is 0 Å². The van der Waals surface area contributed by atoms with Gasteiger partial charge in [-0.2, -0.15) is 0 Å². The summed E-state index contributed by atoms with van der Waals surface area (Å²) in [5.74, 6) is -4.68. The minimum absolute atomic E-state index is 0.550. The van der Waals surface area contributed by atoms with Gasteiger partial charge in [-0.15, -0.1) is 0 Å². The van der Waals surface area contributed by atoms with Crippen LogP contribution in [0.2, 0.25) is 0 Å². The molecule has 0 aromatic rings. The fourth-order valence-electron chi connectivity index (χ4n) is 0.521. The minimum Gasteiger partial charge on any atom is -0.478 e. The molecule has 0 aliphatic rings. The molecule has 8 heteroatoms. The zero-order valence-electron chi connectivity index (χ0n) is 8.36. The van der Waals surface area contributed by atoms with Gasteiger partial charge in [-0.1, -0.05) is 0 Å². The Labute approximate surface area is 94.7 Å². The maximum absolute atomic E-state index is 10.7. The summed E-state index contributed by atoms with van der Waals surface area (Å²) >= 11 is 0. The molecule has 0 bridgehead atoms. The molecule has 0 atom stereocenters. The Balaban J connectivity index is 3.84. The van der Waals surface area contributed by atoms with Crippen molar-refractivity contribution in [2.45, 2.75) is 0 Å². The second-order valence-corrected chi connectivity index (χ2v) is 2.39. The molecule has 8 nitrogen and oxygen atoms in total. The van der Waals surface area contributed by atoms with Crippen molar-refractivity contribution in [2.75, 3.05) is 6.79 Å². The normalized spacial score (nSPS) is 10.4. The summed E-state index contributed by atoms with van der Waals surface area (Å²) in [4.78, 5) is 41.4. The van der Waals surface area contributed by atoms with Gasteiger partial charge in [0.1, 0.15) is 0 Å². The number of carboxylic acid groups (broad SMARTS) is 2. The number of aliphatic carboxylic acids is 2. The standard InChI is InChI=1S/C9H8O8/c10-6(11)1-3-8(14)16-5-17-9(15)4-2-7(12)13/h1-4H,5H2,(H,10,11)(H,12,13)/b3-1-,4-2-. The van der Waals surface area contributed by atoms with Crippen molar-refractivity contribution in [1.82, 2.24) is 0 Å². The molecule has 0 heterocycles.